The third kappa shape index (κ3) is 7.06. The summed E-state index contributed by atoms with van der Waals surface area (Å²) < 4.78 is 54.5. The summed E-state index contributed by atoms with van der Waals surface area (Å²) in [6, 6.07) is 8.64. The number of benzene rings is 2. The average Bonchev–Trinajstić information content (AvgIpc) is 3.12. The predicted octanol–water partition coefficient (Wildman–Crippen LogP) is 4.65. The molecule has 2 aromatic heterocycles. The Morgan fingerprint density at radius 2 is 1.83 bits per heavy atom. The second-order valence-electron chi connectivity index (χ2n) is 13.6. The van der Waals surface area contributed by atoms with Gasteiger partial charge in [-0.25, -0.2) is 13.2 Å². The van der Waals surface area contributed by atoms with Crippen LogP contribution in [0, 0.1) is 5.82 Å². The SMILES string of the molecule is COc1cc(-c2cn(C)c(=O)c3cnccc23)cc(F)c1CN1CCC(N2CCN(c3ccc(NC4CCC(=O)NC4=O)cc3Cl)CC2)C(F)(F)C1. The Morgan fingerprint density at radius 3 is 2.54 bits per heavy atom. The van der Waals surface area contributed by atoms with Gasteiger partial charge in [0, 0.05) is 88.1 Å². The lowest BCUT2D eigenvalue weighted by molar-refractivity contribution is -0.133. The van der Waals surface area contributed by atoms with Gasteiger partial charge in [0.1, 0.15) is 17.6 Å². The molecule has 11 nitrogen and oxygen atoms in total. The van der Waals surface area contributed by atoms with Gasteiger partial charge in [-0.15, -0.1) is 0 Å². The highest BCUT2D eigenvalue weighted by atomic mass is 35.5. The molecule has 2 amide bonds. The van der Waals surface area contributed by atoms with Gasteiger partial charge in [0.25, 0.3) is 11.5 Å². The van der Waals surface area contributed by atoms with E-state index in [4.69, 9.17) is 16.3 Å². The molecule has 0 radical (unpaired) electrons. The zero-order valence-corrected chi connectivity index (χ0v) is 29.6. The third-order valence-corrected chi connectivity index (χ3v) is 10.6. The third-order valence-electron chi connectivity index (χ3n) is 10.3. The minimum atomic E-state index is -3.03. The molecule has 274 valence electrons. The highest BCUT2D eigenvalue weighted by Gasteiger charge is 2.48. The second kappa shape index (κ2) is 14.4. The van der Waals surface area contributed by atoms with Crippen molar-refractivity contribution in [3.63, 3.8) is 0 Å². The van der Waals surface area contributed by atoms with Gasteiger partial charge >= 0.3 is 0 Å². The maximum absolute atomic E-state index is 15.8. The number of imide groups is 1. The maximum atomic E-state index is 15.8. The van der Waals surface area contributed by atoms with Crippen molar-refractivity contribution < 1.29 is 27.5 Å². The van der Waals surface area contributed by atoms with Gasteiger partial charge in [0.2, 0.25) is 11.8 Å². The van der Waals surface area contributed by atoms with Gasteiger partial charge < -0.3 is 19.5 Å². The Labute approximate surface area is 303 Å². The van der Waals surface area contributed by atoms with Crippen molar-refractivity contribution in [3.8, 4) is 16.9 Å². The number of anilines is 2. The number of fused-ring (bicyclic) bond motifs is 1. The molecule has 3 saturated heterocycles. The molecule has 4 aromatic rings. The molecule has 15 heteroatoms. The molecular weight excluding hydrogens is 699 g/mol. The number of piperidine rings is 2. The van der Waals surface area contributed by atoms with E-state index < -0.39 is 30.4 Å². The van der Waals surface area contributed by atoms with Gasteiger partial charge in [-0.05, 0) is 60.2 Å². The van der Waals surface area contributed by atoms with Crippen LogP contribution in [0.3, 0.4) is 0 Å². The summed E-state index contributed by atoms with van der Waals surface area (Å²) in [7, 11) is 3.04. The van der Waals surface area contributed by atoms with Crippen LogP contribution in [0.15, 0.2) is 59.8 Å². The summed E-state index contributed by atoms with van der Waals surface area (Å²) in [5, 5.41) is 6.94. The Bertz CT molecular complexity index is 2090. The number of ether oxygens (including phenoxy) is 1. The van der Waals surface area contributed by atoms with E-state index in [2.05, 4.69) is 20.5 Å². The lowest BCUT2D eigenvalue weighted by Crippen LogP contribution is -2.61. The monoisotopic (exact) mass is 737 g/mol. The molecule has 2 N–H and O–H groups in total. The lowest BCUT2D eigenvalue weighted by atomic mass is 9.96. The van der Waals surface area contributed by atoms with Crippen LogP contribution >= 0.6 is 11.6 Å². The van der Waals surface area contributed by atoms with Crippen LogP contribution in [0.4, 0.5) is 24.5 Å². The van der Waals surface area contributed by atoms with E-state index >= 15 is 13.2 Å². The van der Waals surface area contributed by atoms with Crippen LogP contribution in [0.2, 0.25) is 5.02 Å². The van der Waals surface area contributed by atoms with Gasteiger partial charge in [-0.2, -0.15) is 0 Å². The number of carbonyl (C=O) groups is 2. The van der Waals surface area contributed by atoms with Crippen LogP contribution in [0.1, 0.15) is 24.8 Å². The summed E-state index contributed by atoms with van der Waals surface area (Å²) in [5.41, 5.74) is 2.52. The summed E-state index contributed by atoms with van der Waals surface area (Å²) in [6.45, 7) is 1.65. The number of carbonyl (C=O) groups excluding carboxylic acids is 2. The molecule has 3 fully saturated rings. The van der Waals surface area contributed by atoms with Gasteiger partial charge in [-0.3, -0.25) is 34.5 Å². The van der Waals surface area contributed by atoms with E-state index in [-0.39, 0.29) is 48.1 Å². The zero-order valence-electron chi connectivity index (χ0n) is 28.8. The fourth-order valence-corrected chi connectivity index (χ4v) is 7.91. The average molecular weight is 738 g/mol. The fraction of sp³-hybridized carbons (Fsp3) is 0.405. The number of hydrogen-bond acceptors (Lipinski definition) is 9. The summed E-state index contributed by atoms with van der Waals surface area (Å²) in [6.07, 6.45) is 5.55. The predicted molar refractivity (Wildman–Crippen MR) is 193 cm³/mol. The second-order valence-corrected chi connectivity index (χ2v) is 14.0. The minimum absolute atomic E-state index is 0.0454. The Hall–Kier alpha value is -4.66. The van der Waals surface area contributed by atoms with Crippen molar-refractivity contribution in [3.05, 3.63) is 81.7 Å². The lowest BCUT2D eigenvalue weighted by Gasteiger charge is -2.46. The minimum Gasteiger partial charge on any atom is -0.496 e. The number of hydrogen-bond donors (Lipinski definition) is 2. The quantitative estimate of drug-likeness (QED) is 0.250. The number of pyridine rings is 2. The first-order chi connectivity index (χ1) is 24.9. The number of methoxy groups -OCH3 is 1. The number of amides is 2. The van der Waals surface area contributed by atoms with Crippen LogP contribution in [-0.2, 0) is 23.2 Å². The maximum Gasteiger partial charge on any atom is 0.275 e. The number of likely N-dealkylation sites (tertiary alicyclic amines) is 1. The molecule has 5 heterocycles. The first kappa shape index (κ1) is 35.7. The highest BCUT2D eigenvalue weighted by Crippen LogP contribution is 2.37. The number of rotatable bonds is 8. The summed E-state index contributed by atoms with van der Waals surface area (Å²) in [5.74, 6) is -4.03. The molecule has 0 aliphatic carbocycles. The van der Waals surface area contributed by atoms with Crippen molar-refractivity contribution in [1.29, 1.82) is 0 Å². The van der Waals surface area contributed by atoms with Crippen molar-refractivity contribution in [2.45, 2.75) is 43.8 Å². The Morgan fingerprint density at radius 1 is 1.04 bits per heavy atom. The topological polar surface area (TPSA) is 112 Å². The number of halogens is 4. The first-order valence-corrected chi connectivity index (χ1v) is 17.6. The van der Waals surface area contributed by atoms with Crippen LogP contribution in [-0.4, -0.2) is 95.5 Å². The Kier molecular flexibility index (Phi) is 9.89. The largest absolute Gasteiger partial charge is 0.496 e. The van der Waals surface area contributed by atoms with Gasteiger partial charge in [-0.1, -0.05) is 11.6 Å². The standard InChI is InChI=1S/C37H39ClF3N7O4/c1-45-19-26(24-7-9-42-18-25(24)36(45)51)22-15-29(39)27(32(16-22)52-2)20-46-10-8-33(37(40,41)21-46)48-13-11-47(12-14-48)31-5-3-23(17-28(31)38)43-30-4-6-34(49)44-35(30)50/h3,5,7,9,15-19,30,33,43H,4,6,8,10-14,20-21H2,1-2H3,(H,44,49,50). The van der Waals surface area contributed by atoms with Gasteiger partial charge in [0.05, 0.1) is 35.8 Å². The molecule has 0 spiro atoms. The van der Waals surface area contributed by atoms with Crippen LogP contribution in [0.5, 0.6) is 5.75 Å². The molecule has 2 unspecified atom stereocenters. The van der Waals surface area contributed by atoms with Crippen molar-refractivity contribution >= 4 is 45.6 Å². The van der Waals surface area contributed by atoms with E-state index in [0.717, 1.165) is 5.69 Å². The summed E-state index contributed by atoms with van der Waals surface area (Å²) >= 11 is 6.63. The van der Waals surface area contributed by atoms with E-state index in [1.807, 2.05) is 17.0 Å². The van der Waals surface area contributed by atoms with E-state index in [1.165, 1.54) is 23.9 Å². The first-order valence-electron chi connectivity index (χ1n) is 17.2. The van der Waals surface area contributed by atoms with E-state index in [1.54, 1.807) is 42.5 Å². The van der Waals surface area contributed by atoms with Crippen molar-refractivity contribution in [2.75, 3.05) is 56.6 Å². The number of alkyl halides is 2. The van der Waals surface area contributed by atoms with Crippen LogP contribution in [0.25, 0.3) is 21.9 Å². The summed E-state index contributed by atoms with van der Waals surface area (Å²) in [4.78, 5) is 45.8. The van der Waals surface area contributed by atoms with Crippen molar-refractivity contribution in [1.82, 2.24) is 24.7 Å². The fourth-order valence-electron chi connectivity index (χ4n) is 7.61. The zero-order chi connectivity index (χ0) is 36.7. The molecule has 2 aromatic carbocycles. The molecule has 0 bridgehead atoms. The molecule has 7 rings (SSSR count). The number of aromatic nitrogens is 2. The van der Waals surface area contributed by atoms with Crippen molar-refractivity contribution in [2.24, 2.45) is 7.05 Å². The van der Waals surface area contributed by atoms with E-state index in [0.29, 0.717) is 71.8 Å². The number of aryl methyl sites for hydroxylation is 1. The highest BCUT2D eigenvalue weighted by molar-refractivity contribution is 6.33. The molecular formula is C37H39ClF3N7O4. The van der Waals surface area contributed by atoms with Gasteiger partial charge in [0.15, 0.2) is 0 Å². The number of nitrogens with zero attached hydrogens (tertiary/aromatic N) is 5. The van der Waals surface area contributed by atoms with E-state index in [9.17, 15) is 14.4 Å². The number of nitrogens with one attached hydrogen (secondary N) is 2. The normalized spacial score (nSPS) is 21.3. The molecule has 3 aliphatic rings. The number of piperazine rings is 1. The molecule has 52 heavy (non-hydrogen) atoms. The Balaban J connectivity index is 0.985. The molecule has 3 aliphatic heterocycles. The smallest absolute Gasteiger partial charge is 0.275 e. The molecule has 0 saturated carbocycles. The van der Waals surface area contributed by atoms with Crippen LogP contribution < -0.4 is 25.8 Å². The molecule has 2 atom stereocenters.